The molecule has 0 atom stereocenters. The molecule has 1 fully saturated rings. The van der Waals surface area contributed by atoms with E-state index < -0.39 is 23.1 Å². The maximum atomic E-state index is 12.6. The summed E-state index contributed by atoms with van der Waals surface area (Å²) in [5.41, 5.74) is 1.62. The third-order valence-electron chi connectivity index (χ3n) is 6.19. The van der Waals surface area contributed by atoms with E-state index in [-0.39, 0.29) is 38.1 Å². The number of aliphatic hydroxyl groups is 1. The van der Waals surface area contributed by atoms with Crippen molar-refractivity contribution in [3.05, 3.63) is 59.7 Å². The topological polar surface area (TPSA) is 116 Å². The lowest BCUT2D eigenvalue weighted by Gasteiger charge is -2.46. The van der Waals surface area contributed by atoms with E-state index >= 15 is 0 Å². The summed E-state index contributed by atoms with van der Waals surface area (Å²) >= 11 is 0. The molecule has 168 valence electrons. The lowest BCUT2D eigenvalue weighted by atomic mass is 9.86. The van der Waals surface area contributed by atoms with Crippen molar-refractivity contribution in [2.45, 2.75) is 25.4 Å². The van der Waals surface area contributed by atoms with Gasteiger partial charge in [-0.05, 0) is 36.1 Å². The largest absolute Gasteiger partial charge is 0.479 e. The van der Waals surface area contributed by atoms with Gasteiger partial charge in [-0.25, -0.2) is 9.59 Å². The number of fused-ring (bicyclic) bond motifs is 3. The van der Waals surface area contributed by atoms with Crippen LogP contribution in [0.2, 0.25) is 0 Å². The van der Waals surface area contributed by atoms with Crippen molar-refractivity contribution < 1.29 is 29.3 Å². The number of aliphatic carboxylic acids is 1. The molecule has 0 bridgehead atoms. The number of carboxylic acid groups (broad SMARTS) is 1. The first-order valence-corrected chi connectivity index (χ1v) is 10.5. The van der Waals surface area contributed by atoms with E-state index in [0.29, 0.717) is 0 Å². The Labute approximate surface area is 185 Å². The van der Waals surface area contributed by atoms with Crippen LogP contribution >= 0.6 is 0 Å². The molecule has 8 heteroatoms. The number of nitrogens with one attached hydrogen (secondary N) is 1. The van der Waals surface area contributed by atoms with Gasteiger partial charge >= 0.3 is 12.1 Å². The number of amides is 2. The van der Waals surface area contributed by atoms with Crippen LogP contribution in [0.3, 0.4) is 0 Å². The lowest BCUT2D eigenvalue weighted by molar-refractivity contribution is -0.185. The smallest absolute Gasteiger partial charge is 0.407 e. The van der Waals surface area contributed by atoms with E-state index in [1.807, 2.05) is 36.4 Å². The van der Waals surface area contributed by atoms with E-state index in [1.165, 1.54) is 4.90 Å². The number of rotatable bonds is 6. The predicted molar refractivity (Wildman–Crippen MR) is 116 cm³/mol. The Hall–Kier alpha value is -3.39. The molecule has 2 aromatic carbocycles. The number of benzene rings is 2. The molecule has 1 aliphatic heterocycles. The Kier molecular flexibility index (Phi) is 5.42. The van der Waals surface area contributed by atoms with E-state index in [4.69, 9.17) is 9.84 Å². The second-order valence-electron chi connectivity index (χ2n) is 9.06. The second kappa shape index (κ2) is 7.94. The normalized spacial score (nSPS) is 16.5. The highest BCUT2D eigenvalue weighted by Crippen LogP contribution is 2.44. The maximum absolute atomic E-state index is 12.6. The Morgan fingerprint density at radius 3 is 2.12 bits per heavy atom. The van der Waals surface area contributed by atoms with Crippen molar-refractivity contribution in [1.82, 2.24) is 10.2 Å². The zero-order chi connectivity index (χ0) is 23.1. The second-order valence-corrected chi connectivity index (χ2v) is 9.06. The van der Waals surface area contributed by atoms with Crippen molar-refractivity contribution in [3.8, 4) is 11.1 Å². The number of alkyl carbamates (subject to hydrolysis) is 1. The van der Waals surface area contributed by atoms with Gasteiger partial charge in [0.25, 0.3) is 0 Å². The zero-order valence-electron chi connectivity index (χ0n) is 18.0. The fraction of sp³-hybridized carbons (Fsp3) is 0.375. The van der Waals surface area contributed by atoms with Gasteiger partial charge in [0.15, 0.2) is 5.60 Å². The molecule has 0 spiro atoms. The van der Waals surface area contributed by atoms with E-state index in [1.54, 1.807) is 13.8 Å². The molecule has 0 unspecified atom stereocenters. The summed E-state index contributed by atoms with van der Waals surface area (Å²) in [7, 11) is 0. The first-order chi connectivity index (χ1) is 15.1. The molecule has 4 rings (SSSR count). The summed E-state index contributed by atoms with van der Waals surface area (Å²) in [4.78, 5) is 37.3. The fourth-order valence-corrected chi connectivity index (χ4v) is 4.31. The van der Waals surface area contributed by atoms with Gasteiger partial charge in [-0.2, -0.15) is 0 Å². The van der Waals surface area contributed by atoms with Gasteiger partial charge in [-0.15, -0.1) is 0 Å². The van der Waals surface area contributed by atoms with E-state index in [9.17, 15) is 19.5 Å². The van der Waals surface area contributed by atoms with E-state index in [0.717, 1.165) is 22.3 Å². The van der Waals surface area contributed by atoms with Crippen molar-refractivity contribution >= 4 is 18.0 Å². The predicted octanol–water partition coefficient (Wildman–Crippen LogP) is 2.21. The number of hydrogen-bond acceptors (Lipinski definition) is 5. The minimum Gasteiger partial charge on any atom is -0.479 e. The van der Waals surface area contributed by atoms with Crippen LogP contribution in [0, 0.1) is 5.41 Å². The van der Waals surface area contributed by atoms with Crippen molar-refractivity contribution in [1.29, 1.82) is 0 Å². The minimum atomic E-state index is -1.90. The van der Waals surface area contributed by atoms with Gasteiger partial charge in [-0.3, -0.25) is 4.79 Å². The van der Waals surface area contributed by atoms with Crippen LogP contribution in [-0.2, 0) is 14.3 Å². The summed E-state index contributed by atoms with van der Waals surface area (Å²) in [6, 6.07) is 16.1. The highest BCUT2D eigenvalue weighted by atomic mass is 16.5. The monoisotopic (exact) mass is 438 g/mol. The Balaban J connectivity index is 1.32. The number of carbonyl (C=O) groups is 3. The first-order valence-electron chi connectivity index (χ1n) is 10.5. The molecule has 2 aromatic rings. The minimum absolute atomic E-state index is 0.0184. The third kappa shape index (κ3) is 3.82. The summed E-state index contributed by atoms with van der Waals surface area (Å²) in [5, 5.41) is 21.4. The molecule has 1 saturated heterocycles. The molecule has 0 radical (unpaired) electrons. The highest BCUT2D eigenvalue weighted by molar-refractivity contribution is 5.88. The number of nitrogens with zero attached hydrogens (tertiary/aromatic N) is 1. The van der Waals surface area contributed by atoms with E-state index in [2.05, 4.69) is 17.4 Å². The summed E-state index contributed by atoms with van der Waals surface area (Å²) in [5.74, 6) is -1.75. The molecule has 0 aromatic heterocycles. The molecular weight excluding hydrogens is 412 g/mol. The maximum Gasteiger partial charge on any atom is 0.407 e. The van der Waals surface area contributed by atoms with Crippen LogP contribution in [0.1, 0.15) is 30.9 Å². The molecule has 1 aliphatic carbocycles. The molecule has 8 nitrogen and oxygen atoms in total. The number of β-amino-alcohol motifs (C(OH)–C–C–N with tert-alkyl or cyclic N) is 1. The number of likely N-dealkylation sites (tertiary alicyclic amines) is 1. The Morgan fingerprint density at radius 1 is 1.06 bits per heavy atom. The molecule has 1 heterocycles. The van der Waals surface area contributed by atoms with Gasteiger partial charge in [-0.1, -0.05) is 48.5 Å². The van der Waals surface area contributed by atoms with Crippen LogP contribution in [0.15, 0.2) is 48.5 Å². The number of ether oxygens (including phenoxy) is 1. The average Bonchev–Trinajstić information content (AvgIpc) is 3.07. The Bertz CT molecular complexity index is 1030. The molecule has 2 aliphatic rings. The Morgan fingerprint density at radius 2 is 1.59 bits per heavy atom. The van der Waals surface area contributed by atoms with Gasteiger partial charge in [0.1, 0.15) is 6.61 Å². The van der Waals surface area contributed by atoms with Gasteiger partial charge in [0.2, 0.25) is 5.91 Å². The van der Waals surface area contributed by atoms with Crippen molar-refractivity contribution in [2.24, 2.45) is 5.41 Å². The molecule has 3 N–H and O–H groups in total. The molecule has 0 saturated carbocycles. The molecule has 32 heavy (non-hydrogen) atoms. The van der Waals surface area contributed by atoms with Gasteiger partial charge in [0.05, 0.1) is 18.5 Å². The SMILES string of the molecule is CC(C)(CNC(=O)OCC1c2ccccc2-c2ccccc21)C(=O)N1CC(O)(C(=O)O)C1. The highest BCUT2D eigenvalue weighted by Gasteiger charge is 2.52. The van der Waals surface area contributed by atoms with Crippen LogP contribution in [0.25, 0.3) is 11.1 Å². The van der Waals surface area contributed by atoms with Gasteiger partial charge in [0, 0.05) is 12.5 Å². The summed E-state index contributed by atoms with van der Waals surface area (Å²) in [6.45, 7) is 2.95. The summed E-state index contributed by atoms with van der Waals surface area (Å²) in [6.07, 6.45) is -0.626. The molecule has 2 amide bonds. The quantitative estimate of drug-likeness (QED) is 0.637. The first kappa shape index (κ1) is 21.8. The van der Waals surface area contributed by atoms with Crippen LogP contribution < -0.4 is 5.32 Å². The average molecular weight is 438 g/mol. The van der Waals surface area contributed by atoms with Gasteiger partial charge < -0.3 is 25.2 Å². The van der Waals surface area contributed by atoms with Crippen molar-refractivity contribution in [2.75, 3.05) is 26.2 Å². The van der Waals surface area contributed by atoms with Crippen LogP contribution in [0.5, 0.6) is 0 Å². The van der Waals surface area contributed by atoms with Crippen LogP contribution in [-0.4, -0.2) is 64.9 Å². The fourth-order valence-electron chi connectivity index (χ4n) is 4.31. The number of carboxylic acids is 1. The molecular formula is C24H26N2O6. The third-order valence-corrected chi connectivity index (χ3v) is 6.19. The number of carbonyl (C=O) groups excluding carboxylic acids is 2. The van der Waals surface area contributed by atoms with Crippen LogP contribution in [0.4, 0.5) is 4.79 Å². The summed E-state index contributed by atoms with van der Waals surface area (Å²) < 4.78 is 5.49. The number of hydrogen-bond donors (Lipinski definition) is 3. The van der Waals surface area contributed by atoms with Crippen molar-refractivity contribution in [3.63, 3.8) is 0 Å². The zero-order valence-corrected chi connectivity index (χ0v) is 18.0. The lowest BCUT2D eigenvalue weighted by Crippen LogP contribution is -2.69. The standard InChI is InChI=1S/C24H26N2O6/c1-23(2,20(27)26-13-24(31,14-26)21(28)29)12-25-22(30)32-11-19-17-9-5-3-7-15(17)16-8-4-6-10-18(16)19/h3-10,19,31H,11-14H2,1-2H3,(H,25,30)(H,28,29).